The lowest BCUT2D eigenvalue weighted by atomic mass is 9.87. The average molecular weight is 375 g/mol. The molecule has 8 heteroatoms. The number of anilines is 1. The third-order valence-corrected chi connectivity index (χ3v) is 6.37. The van der Waals surface area contributed by atoms with Crippen LogP contribution in [0.15, 0.2) is 18.5 Å². The summed E-state index contributed by atoms with van der Waals surface area (Å²) < 4.78 is 3.56. The summed E-state index contributed by atoms with van der Waals surface area (Å²) in [5, 5.41) is 15.2. The van der Waals surface area contributed by atoms with E-state index in [0.29, 0.717) is 12.1 Å². The molecule has 0 atom stereocenters. The zero-order valence-corrected chi connectivity index (χ0v) is 16.0. The SMILES string of the molecule is CCCSN[C@H]1C[C@@H](Nc2c(-c3nnc(C)s3)cnc3[nH]ccc23)C1. The van der Waals surface area contributed by atoms with Gasteiger partial charge < -0.3 is 10.3 Å². The van der Waals surface area contributed by atoms with Crippen LogP contribution in [0, 0.1) is 6.92 Å². The van der Waals surface area contributed by atoms with Crippen molar-refractivity contribution in [2.24, 2.45) is 0 Å². The van der Waals surface area contributed by atoms with E-state index >= 15 is 0 Å². The normalized spacial score (nSPS) is 19.9. The smallest absolute Gasteiger partial charge is 0.151 e. The van der Waals surface area contributed by atoms with Crippen LogP contribution in [0.5, 0.6) is 0 Å². The van der Waals surface area contributed by atoms with Gasteiger partial charge in [0.05, 0.1) is 11.3 Å². The van der Waals surface area contributed by atoms with E-state index in [4.69, 9.17) is 0 Å². The Hall–Kier alpha value is -1.64. The van der Waals surface area contributed by atoms with Crippen LogP contribution in [0.25, 0.3) is 21.6 Å². The molecule has 3 aromatic rings. The molecule has 0 spiro atoms. The second kappa shape index (κ2) is 7.31. The van der Waals surface area contributed by atoms with Crippen molar-refractivity contribution in [3.63, 3.8) is 0 Å². The van der Waals surface area contributed by atoms with Gasteiger partial charge in [0.1, 0.15) is 10.7 Å². The fraction of sp³-hybridized carbons (Fsp3) is 0.471. The highest BCUT2D eigenvalue weighted by atomic mass is 32.2. The molecule has 132 valence electrons. The van der Waals surface area contributed by atoms with Crippen LogP contribution in [-0.2, 0) is 0 Å². The summed E-state index contributed by atoms with van der Waals surface area (Å²) in [5.74, 6) is 1.17. The lowest BCUT2D eigenvalue weighted by Crippen LogP contribution is -2.45. The number of nitrogens with zero attached hydrogens (tertiary/aromatic N) is 3. The molecule has 3 N–H and O–H groups in total. The molecule has 1 aliphatic rings. The molecule has 0 unspecified atom stereocenters. The topological polar surface area (TPSA) is 78.5 Å². The molecule has 1 saturated carbocycles. The summed E-state index contributed by atoms with van der Waals surface area (Å²) in [6.07, 6.45) is 7.31. The molecule has 0 radical (unpaired) electrons. The average Bonchev–Trinajstić information content (AvgIpc) is 3.21. The fourth-order valence-electron chi connectivity index (χ4n) is 3.05. The van der Waals surface area contributed by atoms with Gasteiger partial charge >= 0.3 is 0 Å². The summed E-state index contributed by atoms with van der Waals surface area (Å²) in [5.41, 5.74) is 3.06. The highest BCUT2D eigenvalue weighted by Crippen LogP contribution is 2.37. The maximum atomic E-state index is 4.53. The number of aryl methyl sites for hydroxylation is 1. The zero-order valence-electron chi connectivity index (χ0n) is 14.4. The van der Waals surface area contributed by atoms with E-state index < -0.39 is 0 Å². The second-order valence-electron chi connectivity index (χ2n) is 6.39. The van der Waals surface area contributed by atoms with Gasteiger partial charge in [0.25, 0.3) is 0 Å². The molecule has 0 aromatic carbocycles. The van der Waals surface area contributed by atoms with E-state index in [-0.39, 0.29) is 0 Å². The van der Waals surface area contributed by atoms with Crippen LogP contribution in [0.3, 0.4) is 0 Å². The molecule has 25 heavy (non-hydrogen) atoms. The third kappa shape index (κ3) is 3.51. The van der Waals surface area contributed by atoms with Gasteiger partial charge in [-0.15, -0.1) is 10.2 Å². The first-order valence-corrected chi connectivity index (χ1v) is 10.4. The number of rotatable bonds is 7. The lowest BCUT2D eigenvalue weighted by molar-refractivity contribution is 0.355. The standard InChI is InChI=1S/C17H22N6S2/c1-3-6-24-23-12-7-11(8-12)20-15-13-4-5-18-16(13)19-9-14(15)17-22-21-10(2)25-17/h4-5,9,11-12,23H,3,6-8H2,1-2H3,(H2,18,19,20)/t11-,12+. The second-order valence-corrected chi connectivity index (χ2v) is 8.50. The van der Waals surface area contributed by atoms with Gasteiger partial charge in [-0.3, -0.25) is 4.72 Å². The molecule has 1 fully saturated rings. The van der Waals surface area contributed by atoms with Crippen molar-refractivity contribution in [1.29, 1.82) is 0 Å². The summed E-state index contributed by atoms with van der Waals surface area (Å²) >= 11 is 3.45. The van der Waals surface area contributed by atoms with Crippen molar-refractivity contribution in [3.05, 3.63) is 23.5 Å². The largest absolute Gasteiger partial charge is 0.381 e. The maximum absolute atomic E-state index is 4.53. The predicted molar refractivity (Wildman–Crippen MR) is 106 cm³/mol. The molecule has 3 aromatic heterocycles. The van der Waals surface area contributed by atoms with Crippen molar-refractivity contribution in [2.45, 2.75) is 45.2 Å². The number of nitrogens with one attached hydrogen (secondary N) is 3. The van der Waals surface area contributed by atoms with Crippen LogP contribution in [0.2, 0.25) is 0 Å². The summed E-state index contributed by atoms with van der Waals surface area (Å²) in [6, 6.07) is 3.16. The minimum absolute atomic E-state index is 0.480. The van der Waals surface area contributed by atoms with Gasteiger partial charge in [0.2, 0.25) is 0 Å². The monoisotopic (exact) mass is 374 g/mol. The quantitative estimate of drug-likeness (QED) is 0.429. The minimum Gasteiger partial charge on any atom is -0.381 e. The van der Waals surface area contributed by atoms with Gasteiger partial charge in [-0.1, -0.05) is 30.2 Å². The van der Waals surface area contributed by atoms with E-state index in [1.807, 2.05) is 31.3 Å². The van der Waals surface area contributed by atoms with Gasteiger partial charge in [-0.05, 0) is 32.3 Å². The van der Waals surface area contributed by atoms with Crippen molar-refractivity contribution < 1.29 is 0 Å². The Bertz CT molecular complexity index is 852. The lowest BCUT2D eigenvalue weighted by Gasteiger charge is -2.37. The number of hydrogen-bond acceptors (Lipinski definition) is 7. The van der Waals surface area contributed by atoms with Crippen molar-refractivity contribution in [3.8, 4) is 10.6 Å². The van der Waals surface area contributed by atoms with Crippen molar-refractivity contribution >= 4 is 40.0 Å². The van der Waals surface area contributed by atoms with Gasteiger partial charge in [-0.2, -0.15) is 0 Å². The highest BCUT2D eigenvalue weighted by molar-refractivity contribution is 7.97. The van der Waals surface area contributed by atoms with Gasteiger partial charge in [-0.25, -0.2) is 4.98 Å². The summed E-state index contributed by atoms with van der Waals surface area (Å²) in [4.78, 5) is 7.73. The molecule has 0 saturated heterocycles. The first kappa shape index (κ1) is 16.8. The van der Waals surface area contributed by atoms with Crippen LogP contribution in [-0.4, -0.2) is 38.0 Å². The summed E-state index contributed by atoms with van der Waals surface area (Å²) in [6.45, 7) is 4.19. The molecule has 4 rings (SSSR count). The van der Waals surface area contributed by atoms with Crippen LogP contribution < -0.4 is 10.0 Å². The Balaban J connectivity index is 1.53. The number of aromatic amines is 1. The molecule has 0 aliphatic heterocycles. The van der Waals surface area contributed by atoms with Gasteiger partial charge in [0.15, 0.2) is 5.01 Å². The Morgan fingerprint density at radius 3 is 2.96 bits per heavy atom. The third-order valence-electron chi connectivity index (χ3n) is 4.39. The van der Waals surface area contributed by atoms with E-state index in [1.54, 1.807) is 11.3 Å². The van der Waals surface area contributed by atoms with E-state index in [2.05, 4.69) is 43.2 Å². The summed E-state index contributed by atoms with van der Waals surface area (Å²) in [7, 11) is 0. The molecule has 1 aliphatic carbocycles. The van der Waals surface area contributed by atoms with Crippen molar-refractivity contribution in [2.75, 3.05) is 11.1 Å². The number of fused-ring (bicyclic) bond motifs is 1. The Morgan fingerprint density at radius 2 is 2.20 bits per heavy atom. The van der Waals surface area contributed by atoms with Crippen LogP contribution in [0.1, 0.15) is 31.2 Å². The number of pyridine rings is 1. The van der Waals surface area contributed by atoms with Crippen molar-refractivity contribution in [1.82, 2.24) is 24.9 Å². The maximum Gasteiger partial charge on any atom is 0.151 e. The minimum atomic E-state index is 0.480. The van der Waals surface area contributed by atoms with Gasteiger partial charge in [0, 0.05) is 35.6 Å². The molecule has 3 heterocycles. The number of aromatic nitrogens is 4. The molecular formula is C17H22N6S2. The first-order valence-electron chi connectivity index (χ1n) is 8.65. The molecule has 0 bridgehead atoms. The first-order chi connectivity index (χ1) is 12.2. The molecule has 6 nitrogen and oxygen atoms in total. The zero-order chi connectivity index (χ0) is 17.2. The molecule has 0 amide bonds. The molecular weight excluding hydrogens is 352 g/mol. The Labute approximate surface area is 155 Å². The van der Waals surface area contributed by atoms with E-state index in [1.165, 1.54) is 12.2 Å². The predicted octanol–water partition coefficient (Wildman–Crippen LogP) is 3.98. The number of hydrogen-bond donors (Lipinski definition) is 3. The van der Waals surface area contributed by atoms with Crippen LogP contribution >= 0.6 is 23.3 Å². The highest BCUT2D eigenvalue weighted by Gasteiger charge is 2.30. The Morgan fingerprint density at radius 1 is 1.32 bits per heavy atom. The van der Waals surface area contributed by atoms with E-state index in [0.717, 1.165) is 45.1 Å². The van der Waals surface area contributed by atoms with E-state index in [9.17, 15) is 0 Å². The van der Waals surface area contributed by atoms with Crippen LogP contribution in [0.4, 0.5) is 5.69 Å². The Kier molecular flexibility index (Phi) is 4.91. The number of H-pyrrole nitrogens is 1. The fourth-order valence-corrected chi connectivity index (χ4v) is 4.50.